The third-order valence-electron chi connectivity index (χ3n) is 2.75. The monoisotopic (exact) mass is 228 g/mol. The third kappa shape index (κ3) is 2.19. The molecule has 2 rings (SSSR count). The molecule has 6 nitrogen and oxygen atoms in total. The molecule has 0 spiro atoms. The predicted molar refractivity (Wildman–Crippen MR) is 53.1 cm³/mol. The van der Waals surface area contributed by atoms with Crippen molar-refractivity contribution in [2.45, 2.75) is 12.5 Å². The van der Waals surface area contributed by atoms with Crippen LogP contribution in [0.5, 0.6) is 0 Å². The first-order valence-electron chi connectivity index (χ1n) is 5.14. The number of nitrogens with zero attached hydrogens (tertiary/aromatic N) is 4. The van der Waals surface area contributed by atoms with E-state index in [1.165, 1.54) is 6.20 Å². The van der Waals surface area contributed by atoms with Crippen LogP contribution in [0.1, 0.15) is 23.0 Å². The fraction of sp³-hybridized carbons (Fsp3) is 0.667. The summed E-state index contributed by atoms with van der Waals surface area (Å²) in [4.78, 5) is 12.6. The fourth-order valence-electron chi connectivity index (χ4n) is 1.90. The van der Waals surface area contributed by atoms with Crippen LogP contribution in [0.25, 0.3) is 0 Å². The van der Waals surface area contributed by atoms with Gasteiger partial charge in [-0.05, 0) is 6.42 Å². The molecular formula is C9H13FN4O2. The lowest BCUT2D eigenvalue weighted by atomic mass is 10.3. The molecule has 1 saturated heterocycles. The molecule has 2 heterocycles. The minimum absolute atomic E-state index is 0.0519. The standard InChI is InChI=1S/C9H13FN4O2/c10-2-4-13-3-1-7(5-13)14-6-8(9(15)16)11-12-14/h6-7H,1-5H2,(H,15,16). The van der Waals surface area contributed by atoms with Gasteiger partial charge < -0.3 is 5.11 Å². The molecule has 1 fully saturated rings. The van der Waals surface area contributed by atoms with Crippen molar-refractivity contribution in [2.24, 2.45) is 0 Å². The van der Waals surface area contributed by atoms with Crippen LogP contribution in [0.15, 0.2) is 6.20 Å². The Bertz CT molecular complexity index is 381. The number of aromatic carboxylic acids is 1. The maximum Gasteiger partial charge on any atom is 0.358 e. The normalized spacial score (nSPS) is 21.4. The average molecular weight is 228 g/mol. The molecular weight excluding hydrogens is 215 g/mol. The second-order valence-corrected chi connectivity index (χ2v) is 3.82. The molecule has 0 aromatic carbocycles. The number of hydrogen-bond donors (Lipinski definition) is 1. The van der Waals surface area contributed by atoms with Crippen molar-refractivity contribution in [1.29, 1.82) is 0 Å². The largest absolute Gasteiger partial charge is 0.476 e. The Morgan fingerprint density at radius 3 is 3.12 bits per heavy atom. The van der Waals surface area contributed by atoms with Gasteiger partial charge in [0, 0.05) is 19.6 Å². The van der Waals surface area contributed by atoms with Gasteiger partial charge in [-0.25, -0.2) is 13.9 Å². The van der Waals surface area contributed by atoms with Crippen LogP contribution in [0.3, 0.4) is 0 Å². The Hall–Kier alpha value is -1.50. The molecule has 1 aromatic rings. The van der Waals surface area contributed by atoms with E-state index >= 15 is 0 Å². The summed E-state index contributed by atoms with van der Waals surface area (Å²) in [5.41, 5.74) is -0.0519. The molecule has 0 amide bonds. The number of alkyl halides is 1. The van der Waals surface area contributed by atoms with Gasteiger partial charge in [-0.1, -0.05) is 5.21 Å². The van der Waals surface area contributed by atoms with Crippen LogP contribution in [-0.2, 0) is 0 Å². The van der Waals surface area contributed by atoms with E-state index in [2.05, 4.69) is 10.3 Å². The average Bonchev–Trinajstić information content (AvgIpc) is 2.84. The first kappa shape index (κ1) is 11.0. The highest BCUT2D eigenvalue weighted by atomic mass is 19.1. The molecule has 0 radical (unpaired) electrons. The van der Waals surface area contributed by atoms with Crippen molar-refractivity contribution in [1.82, 2.24) is 19.9 Å². The molecule has 16 heavy (non-hydrogen) atoms. The van der Waals surface area contributed by atoms with Gasteiger partial charge in [-0.15, -0.1) is 5.10 Å². The summed E-state index contributed by atoms with van der Waals surface area (Å²) in [6.45, 7) is 1.59. The van der Waals surface area contributed by atoms with E-state index in [0.717, 1.165) is 13.0 Å². The zero-order valence-corrected chi connectivity index (χ0v) is 8.71. The van der Waals surface area contributed by atoms with Crippen molar-refractivity contribution in [3.05, 3.63) is 11.9 Å². The lowest BCUT2D eigenvalue weighted by Gasteiger charge is -2.13. The summed E-state index contributed by atoms with van der Waals surface area (Å²) in [5, 5.41) is 16.0. The summed E-state index contributed by atoms with van der Waals surface area (Å²) < 4.78 is 13.7. The first-order valence-corrected chi connectivity index (χ1v) is 5.14. The predicted octanol–water partition coefficient (Wildman–Crippen LogP) is 0.193. The Labute approximate surface area is 91.7 Å². The van der Waals surface area contributed by atoms with E-state index in [1.54, 1.807) is 4.68 Å². The number of rotatable bonds is 4. The quantitative estimate of drug-likeness (QED) is 0.796. The Balaban J connectivity index is 2.00. The van der Waals surface area contributed by atoms with Crippen LogP contribution in [0.4, 0.5) is 4.39 Å². The highest BCUT2D eigenvalue weighted by Crippen LogP contribution is 2.20. The second kappa shape index (κ2) is 4.56. The van der Waals surface area contributed by atoms with Crippen LogP contribution in [-0.4, -0.2) is 57.3 Å². The Morgan fingerprint density at radius 2 is 2.50 bits per heavy atom. The van der Waals surface area contributed by atoms with Crippen molar-refractivity contribution >= 4 is 5.97 Å². The maximum atomic E-state index is 12.1. The molecule has 0 aliphatic carbocycles. The summed E-state index contributed by atoms with van der Waals surface area (Å²) in [7, 11) is 0. The molecule has 1 aliphatic rings. The van der Waals surface area contributed by atoms with Gasteiger partial charge in [0.05, 0.1) is 12.2 Å². The Morgan fingerprint density at radius 1 is 1.69 bits per heavy atom. The summed E-state index contributed by atoms with van der Waals surface area (Å²) in [6, 6.07) is 0.104. The number of aromatic nitrogens is 3. The van der Waals surface area contributed by atoms with Crippen molar-refractivity contribution < 1.29 is 14.3 Å². The molecule has 1 atom stereocenters. The number of carboxylic acids is 1. The summed E-state index contributed by atoms with van der Waals surface area (Å²) in [5.74, 6) is -1.08. The molecule has 0 saturated carbocycles. The van der Waals surface area contributed by atoms with Crippen LogP contribution < -0.4 is 0 Å². The van der Waals surface area contributed by atoms with E-state index in [-0.39, 0.29) is 18.4 Å². The molecule has 1 aromatic heterocycles. The third-order valence-corrected chi connectivity index (χ3v) is 2.75. The second-order valence-electron chi connectivity index (χ2n) is 3.82. The molecule has 1 aliphatic heterocycles. The van der Waals surface area contributed by atoms with Crippen LogP contribution >= 0.6 is 0 Å². The zero-order valence-electron chi connectivity index (χ0n) is 8.71. The lowest BCUT2D eigenvalue weighted by Crippen LogP contribution is -2.24. The summed E-state index contributed by atoms with van der Waals surface area (Å²) in [6.07, 6.45) is 2.27. The molecule has 1 N–H and O–H groups in total. The van der Waals surface area contributed by atoms with Gasteiger partial charge in [0.25, 0.3) is 0 Å². The van der Waals surface area contributed by atoms with E-state index in [4.69, 9.17) is 5.11 Å². The van der Waals surface area contributed by atoms with E-state index in [1.807, 2.05) is 4.90 Å². The number of halogens is 1. The maximum absolute atomic E-state index is 12.1. The van der Waals surface area contributed by atoms with Crippen molar-refractivity contribution in [3.8, 4) is 0 Å². The minimum Gasteiger partial charge on any atom is -0.476 e. The van der Waals surface area contributed by atoms with Crippen molar-refractivity contribution in [2.75, 3.05) is 26.3 Å². The highest BCUT2D eigenvalue weighted by Gasteiger charge is 2.25. The van der Waals surface area contributed by atoms with E-state index in [9.17, 15) is 9.18 Å². The van der Waals surface area contributed by atoms with Gasteiger partial charge in [-0.3, -0.25) is 4.90 Å². The van der Waals surface area contributed by atoms with E-state index < -0.39 is 5.97 Å². The number of hydrogen-bond acceptors (Lipinski definition) is 4. The molecule has 0 bridgehead atoms. The minimum atomic E-state index is -1.08. The van der Waals surface area contributed by atoms with Crippen LogP contribution in [0.2, 0.25) is 0 Å². The first-order chi connectivity index (χ1) is 7.70. The van der Waals surface area contributed by atoms with E-state index in [0.29, 0.717) is 13.1 Å². The van der Waals surface area contributed by atoms with Gasteiger partial charge in [0.15, 0.2) is 5.69 Å². The van der Waals surface area contributed by atoms with Gasteiger partial charge in [-0.2, -0.15) is 0 Å². The Kier molecular flexibility index (Phi) is 3.14. The number of carbonyl (C=O) groups is 1. The SMILES string of the molecule is O=C(O)c1cn(C2CCN(CCF)C2)nn1. The van der Waals surface area contributed by atoms with Gasteiger partial charge >= 0.3 is 5.97 Å². The fourth-order valence-corrected chi connectivity index (χ4v) is 1.90. The van der Waals surface area contributed by atoms with Crippen LogP contribution in [0, 0.1) is 0 Å². The highest BCUT2D eigenvalue weighted by molar-refractivity contribution is 5.84. The number of carboxylic acid groups (broad SMARTS) is 1. The molecule has 88 valence electrons. The van der Waals surface area contributed by atoms with Crippen molar-refractivity contribution in [3.63, 3.8) is 0 Å². The van der Waals surface area contributed by atoms with Gasteiger partial charge in [0.2, 0.25) is 0 Å². The summed E-state index contributed by atoms with van der Waals surface area (Å²) >= 11 is 0. The lowest BCUT2D eigenvalue weighted by molar-refractivity contribution is 0.0690. The van der Waals surface area contributed by atoms with Gasteiger partial charge in [0.1, 0.15) is 6.67 Å². The number of likely N-dealkylation sites (tertiary alicyclic amines) is 1. The molecule has 1 unspecified atom stereocenters. The topological polar surface area (TPSA) is 71.2 Å². The smallest absolute Gasteiger partial charge is 0.358 e. The zero-order chi connectivity index (χ0) is 11.5. The molecule has 7 heteroatoms.